The van der Waals surface area contributed by atoms with Gasteiger partial charge in [0.15, 0.2) is 0 Å². The highest BCUT2D eigenvalue weighted by Crippen LogP contribution is 2.14. The number of halogens is 3. The fourth-order valence-corrected chi connectivity index (χ4v) is 0.919. The lowest BCUT2D eigenvalue weighted by Gasteiger charge is -2.14. The van der Waals surface area contributed by atoms with Crippen molar-refractivity contribution >= 4 is 0 Å². The Kier molecular flexibility index (Phi) is 5.79. The Bertz CT molecular complexity index is 185. The fraction of sp³-hybridized carbons (Fsp3) is 0.778. The van der Waals surface area contributed by atoms with Crippen molar-refractivity contribution in [3.63, 3.8) is 0 Å². The van der Waals surface area contributed by atoms with E-state index in [1.807, 2.05) is 19.9 Å². The predicted molar refractivity (Wildman–Crippen MR) is 49.2 cm³/mol. The van der Waals surface area contributed by atoms with Crippen LogP contribution in [-0.4, -0.2) is 32.5 Å². The smallest absolute Gasteiger partial charge is 0.370 e. The number of hydrogen-bond acceptors (Lipinski definition) is 2. The van der Waals surface area contributed by atoms with Crippen LogP contribution in [-0.2, 0) is 4.74 Å². The molecule has 2 nitrogen and oxygen atoms in total. The first kappa shape index (κ1) is 13.4. The number of nitrogens with one attached hydrogen (secondary N) is 1. The highest BCUT2D eigenvalue weighted by molar-refractivity contribution is 5.00. The molecule has 0 amide bonds. The van der Waals surface area contributed by atoms with Crippen LogP contribution in [0.15, 0.2) is 11.6 Å². The lowest BCUT2D eigenvalue weighted by molar-refractivity contribution is -0.174. The largest absolute Gasteiger partial charge is 0.411 e. The van der Waals surface area contributed by atoms with E-state index < -0.39 is 12.8 Å². The van der Waals surface area contributed by atoms with Gasteiger partial charge in [-0.15, -0.1) is 0 Å². The van der Waals surface area contributed by atoms with Crippen molar-refractivity contribution in [3.05, 3.63) is 11.6 Å². The standard InChI is InChI=1S/C9H16F3NO/c1-7(2)4-8(13-3)5-14-6-9(10,11)12/h4,8,13H,5-6H2,1-3H3. The average Bonchev–Trinajstić information content (AvgIpc) is 1.99. The molecule has 1 unspecified atom stereocenters. The van der Waals surface area contributed by atoms with Gasteiger partial charge in [0, 0.05) is 6.04 Å². The summed E-state index contributed by atoms with van der Waals surface area (Å²) in [6.07, 6.45) is -2.42. The first-order valence-corrected chi connectivity index (χ1v) is 4.32. The molecular formula is C9H16F3NO. The number of hydrogen-bond donors (Lipinski definition) is 1. The molecule has 14 heavy (non-hydrogen) atoms. The van der Waals surface area contributed by atoms with Crippen LogP contribution in [0, 0.1) is 0 Å². The highest BCUT2D eigenvalue weighted by atomic mass is 19.4. The maximum Gasteiger partial charge on any atom is 0.411 e. The summed E-state index contributed by atoms with van der Waals surface area (Å²) < 4.78 is 39.7. The topological polar surface area (TPSA) is 21.3 Å². The van der Waals surface area contributed by atoms with E-state index in [1.54, 1.807) is 7.05 Å². The third kappa shape index (κ3) is 8.07. The molecule has 0 aromatic rings. The molecule has 0 radical (unpaired) electrons. The van der Waals surface area contributed by atoms with Gasteiger partial charge in [0.1, 0.15) is 6.61 Å². The second kappa shape index (κ2) is 6.03. The first-order chi connectivity index (χ1) is 6.35. The molecule has 1 atom stereocenters. The van der Waals surface area contributed by atoms with E-state index >= 15 is 0 Å². The molecule has 0 aliphatic carbocycles. The molecule has 0 saturated carbocycles. The van der Waals surface area contributed by atoms with Crippen molar-refractivity contribution < 1.29 is 17.9 Å². The molecule has 1 N–H and O–H groups in total. The Balaban J connectivity index is 3.80. The lowest BCUT2D eigenvalue weighted by atomic mass is 10.2. The number of allylic oxidation sites excluding steroid dienone is 1. The molecule has 0 aliphatic heterocycles. The van der Waals surface area contributed by atoms with E-state index in [-0.39, 0.29) is 12.6 Å². The number of ether oxygens (including phenoxy) is 1. The van der Waals surface area contributed by atoms with Gasteiger partial charge < -0.3 is 10.1 Å². The summed E-state index contributed by atoms with van der Waals surface area (Å²) in [5.74, 6) is 0. The predicted octanol–water partition coefficient (Wildman–Crippen LogP) is 2.12. The Morgan fingerprint density at radius 2 is 2.00 bits per heavy atom. The summed E-state index contributed by atoms with van der Waals surface area (Å²) >= 11 is 0. The van der Waals surface area contributed by atoms with Crippen molar-refractivity contribution in [2.75, 3.05) is 20.3 Å². The van der Waals surface area contributed by atoms with Crippen LogP contribution in [0.1, 0.15) is 13.8 Å². The quantitative estimate of drug-likeness (QED) is 0.703. The van der Waals surface area contributed by atoms with Gasteiger partial charge in [-0.1, -0.05) is 11.6 Å². The van der Waals surface area contributed by atoms with E-state index in [0.29, 0.717) is 0 Å². The van der Waals surface area contributed by atoms with E-state index in [4.69, 9.17) is 0 Å². The number of rotatable bonds is 5. The highest BCUT2D eigenvalue weighted by Gasteiger charge is 2.27. The number of alkyl halides is 3. The SMILES string of the molecule is CNC(C=C(C)C)COCC(F)(F)F. The van der Waals surface area contributed by atoms with Crippen LogP contribution in [0.3, 0.4) is 0 Å². The van der Waals surface area contributed by atoms with Gasteiger partial charge in [-0.25, -0.2) is 0 Å². The minimum atomic E-state index is -4.25. The summed E-state index contributed by atoms with van der Waals surface area (Å²) in [6, 6.07) is -0.164. The van der Waals surface area contributed by atoms with E-state index in [0.717, 1.165) is 5.57 Å². The molecule has 0 bridgehead atoms. The Morgan fingerprint density at radius 1 is 1.43 bits per heavy atom. The maximum atomic E-state index is 11.7. The van der Waals surface area contributed by atoms with Crippen LogP contribution >= 0.6 is 0 Å². The van der Waals surface area contributed by atoms with Crippen LogP contribution < -0.4 is 5.32 Å². The second-order valence-electron chi connectivity index (χ2n) is 3.27. The zero-order valence-electron chi connectivity index (χ0n) is 8.61. The molecule has 84 valence electrons. The van der Waals surface area contributed by atoms with E-state index in [2.05, 4.69) is 10.1 Å². The summed E-state index contributed by atoms with van der Waals surface area (Å²) in [5.41, 5.74) is 1.04. The molecule has 0 aromatic heterocycles. The molecule has 5 heteroatoms. The third-order valence-corrected chi connectivity index (χ3v) is 1.47. The van der Waals surface area contributed by atoms with Gasteiger partial charge in [0.05, 0.1) is 6.61 Å². The molecule has 0 rings (SSSR count). The summed E-state index contributed by atoms with van der Waals surface area (Å²) in [6.45, 7) is 2.60. The van der Waals surface area contributed by atoms with Crippen molar-refractivity contribution in [2.24, 2.45) is 0 Å². The van der Waals surface area contributed by atoms with Gasteiger partial charge in [-0.05, 0) is 20.9 Å². The molecule has 0 fully saturated rings. The van der Waals surface area contributed by atoms with E-state index in [9.17, 15) is 13.2 Å². The minimum absolute atomic E-state index is 0.0290. The molecular weight excluding hydrogens is 195 g/mol. The van der Waals surface area contributed by atoms with Crippen LogP contribution in [0.2, 0.25) is 0 Å². The van der Waals surface area contributed by atoms with Gasteiger partial charge in [-0.2, -0.15) is 13.2 Å². The summed E-state index contributed by atoms with van der Waals surface area (Å²) in [7, 11) is 1.68. The molecule has 0 spiro atoms. The van der Waals surface area contributed by atoms with Gasteiger partial charge in [0.2, 0.25) is 0 Å². The van der Waals surface area contributed by atoms with Crippen molar-refractivity contribution in [2.45, 2.75) is 26.1 Å². The monoisotopic (exact) mass is 211 g/mol. The van der Waals surface area contributed by atoms with Crippen LogP contribution in [0.4, 0.5) is 13.2 Å². The summed E-state index contributed by atoms with van der Waals surface area (Å²) in [4.78, 5) is 0. The van der Waals surface area contributed by atoms with Crippen LogP contribution in [0.5, 0.6) is 0 Å². The van der Waals surface area contributed by atoms with Crippen molar-refractivity contribution in [1.29, 1.82) is 0 Å². The first-order valence-electron chi connectivity index (χ1n) is 4.32. The Labute approximate surface area is 82.1 Å². The van der Waals surface area contributed by atoms with E-state index in [1.165, 1.54) is 0 Å². The zero-order chi connectivity index (χ0) is 11.2. The molecule has 0 saturated heterocycles. The van der Waals surface area contributed by atoms with Crippen molar-refractivity contribution in [1.82, 2.24) is 5.32 Å². The second-order valence-corrected chi connectivity index (χ2v) is 3.27. The van der Waals surface area contributed by atoms with Crippen LogP contribution in [0.25, 0.3) is 0 Å². The Morgan fingerprint density at radius 3 is 2.36 bits per heavy atom. The maximum absolute atomic E-state index is 11.7. The molecule has 0 aliphatic rings. The average molecular weight is 211 g/mol. The fourth-order valence-electron chi connectivity index (χ4n) is 0.919. The summed E-state index contributed by atoms with van der Waals surface area (Å²) in [5, 5.41) is 2.85. The minimum Gasteiger partial charge on any atom is -0.370 e. The zero-order valence-corrected chi connectivity index (χ0v) is 8.61. The third-order valence-electron chi connectivity index (χ3n) is 1.47. The normalized spacial score (nSPS) is 13.9. The van der Waals surface area contributed by atoms with Crippen molar-refractivity contribution in [3.8, 4) is 0 Å². The molecule has 0 aromatic carbocycles. The number of likely N-dealkylation sites (N-methyl/N-ethyl adjacent to an activating group) is 1. The van der Waals surface area contributed by atoms with Gasteiger partial charge in [0.25, 0.3) is 0 Å². The molecule has 0 heterocycles. The Hall–Kier alpha value is -0.550. The van der Waals surface area contributed by atoms with Gasteiger partial charge >= 0.3 is 6.18 Å². The lowest BCUT2D eigenvalue weighted by Crippen LogP contribution is -2.30. The van der Waals surface area contributed by atoms with Gasteiger partial charge in [-0.3, -0.25) is 0 Å².